The molecule has 0 aliphatic heterocycles. The molecule has 20 aromatic carbocycles. The van der Waals surface area contributed by atoms with Crippen LogP contribution in [0.5, 0.6) is 0 Å². The lowest BCUT2D eigenvalue weighted by Crippen LogP contribution is -2.01. The van der Waals surface area contributed by atoms with E-state index in [4.69, 9.17) is 39.9 Å². The van der Waals surface area contributed by atoms with E-state index in [1.54, 1.807) is 0 Å². The van der Waals surface area contributed by atoms with Crippen molar-refractivity contribution in [3.8, 4) is 164 Å². The summed E-state index contributed by atoms with van der Waals surface area (Å²) in [6.45, 7) is 0. The van der Waals surface area contributed by atoms with Gasteiger partial charge in [0, 0.05) is 109 Å². The second-order valence-electron chi connectivity index (χ2n) is 35.3. The van der Waals surface area contributed by atoms with Crippen molar-refractivity contribution in [1.29, 1.82) is 0 Å². The first-order chi connectivity index (χ1) is 70.4. The van der Waals surface area contributed by atoms with Gasteiger partial charge in [0.2, 0.25) is 5.95 Å². The molecule has 0 aliphatic rings. The third-order valence-electron chi connectivity index (χ3n) is 26.6. The summed E-state index contributed by atoms with van der Waals surface area (Å²) in [5.41, 5.74) is 30.7. The number of hydrogen-bond donors (Lipinski definition) is 0. The fourth-order valence-electron chi connectivity index (χ4n) is 19.7. The largest absolute Gasteiger partial charge is 0.309 e. The highest BCUT2D eigenvalue weighted by Crippen LogP contribution is 2.45. The first kappa shape index (κ1) is 91.2. The zero-order chi connectivity index (χ0) is 94.2. The van der Waals surface area contributed by atoms with Gasteiger partial charge in [-0.25, -0.2) is 39.9 Å². The van der Waals surface area contributed by atoms with Gasteiger partial charge in [-0.1, -0.05) is 447 Å². The highest BCUT2D eigenvalue weighted by Gasteiger charge is 2.24. The predicted octanol–water partition coefficient (Wildman–Crippen LogP) is 35.5. The van der Waals surface area contributed by atoms with E-state index >= 15 is 0 Å². The molecule has 27 rings (SSSR count). The van der Waals surface area contributed by atoms with Gasteiger partial charge in [0.25, 0.3) is 0 Å². The van der Waals surface area contributed by atoms with E-state index in [-0.39, 0.29) is 22.3 Å². The van der Waals surface area contributed by atoms with E-state index in [9.17, 15) is 0 Å². The van der Waals surface area contributed by atoms with Crippen LogP contribution >= 0.6 is 11.3 Å². The van der Waals surface area contributed by atoms with Crippen LogP contribution in [0.25, 0.3) is 249 Å². The average Bonchev–Trinajstić information content (AvgIpc) is 1.59. The predicted molar refractivity (Wildman–Crippen MR) is 608 cm³/mol. The van der Waals surface area contributed by atoms with E-state index < -0.39 is 0 Å². The average molecular weight is 1880 g/mol. The Hall–Kier alpha value is -18.9. The van der Waals surface area contributed by atoms with E-state index in [0.29, 0.717) is 40.9 Å². The zero-order valence-electron chi connectivity index (χ0n) is 76.9. The Morgan fingerprint density at radius 1 is 0.166 bits per heavy atom. The van der Waals surface area contributed by atoms with Crippen LogP contribution in [0.1, 0.15) is 22.3 Å². The summed E-state index contributed by atoms with van der Waals surface area (Å²) in [5, 5.41) is 9.88. The van der Waals surface area contributed by atoms with Crippen LogP contribution in [-0.2, 0) is 0 Å². The molecule has 690 valence electrons. The van der Waals surface area contributed by atoms with Crippen LogP contribution < -0.4 is 0 Å². The Labute approximate surface area is 846 Å². The van der Waals surface area contributed by atoms with Gasteiger partial charge in [0.05, 0.1) is 38.8 Å². The molecule has 0 fully saturated rings. The van der Waals surface area contributed by atoms with Crippen LogP contribution in [-0.4, -0.2) is 53.6 Å². The number of para-hydroxylation sites is 3. The smallest absolute Gasteiger partial charge is 0.235 e. The standard InChI is InChI=1S/2C45H30N4.C40H25N3S.3CH4/c1-4-14-31(15-5-1)34-20-12-21-36(28-34)44-46-43(33-18-8-3-9-19-33)47-45(48-44)37-22-13-23-38(29-37)49-41-25-11-10-24-39(41)40-27-26-35(30-42(40)49)32-16-6-2-7-17-32;1-4-13-31(14-5-1)33-23-25-35(26-24-33)44-46-43(34-17-8-3-9-18-34)47-45(48-44)37-19-12-20-38(29-37)49-41-22-11-10-21-39(41)40-28-27-36(30-42(40)49)32-15-6-2-7-16-32;1-2-9-26(10-3-1)27-17-19-28(20-18-27)35-23-24-41-40(42-35)43-36-15-6-4-11-31(36)34-25-29(21-22-37(34)43)30-13-8-14-33-32-12-5-7-16-38(32)44-39(30)33;;;/h2*1-30H;1-25H;3*1H4. The molecule has 0 bridgehead atoms. The fourth-order valence-corrected chi connectivity index (χ4v) is 20.9. The minimum Gasteiger partial charge on any atom is -0.309 e. The van der Waals surface area contributed by atoms with Crippen LogP contribution in [0.15, 0.2) is 516 Å². The van der Waals surface area contributed by atoms with Gasteiger partial charge >= 0.3 is 0 Å². The molecule has 0 N–H and O–H groups in total. The third kappa shape index (κ3) is 17.8. The van der Waals surface area contributed by atoms with Crippen LogP contribution in [0, 0.1) is 0 Å². The van der Waals surface area contributed by atoms with E-state index in [0.717, 1.165) is 106 Å². The summed E-state index contributed by atoms with van der Waals surface area (Å²) in [5.74, 6) is 4.47. The van der Waals surface area contributed by atoms with Crippen molar-refractivity contribution in [2.45, 2.75) is 22.3 Å². The maximum absolute atomic E-state index is 5.10. The molecule has 0 amide bonds. The van der Waals surface area contributed by atoms with Crippen LogP contribution in [0.2, 0.25) is 0 Å². The van der Waals surface area contributed by atoms with Crippen molar-refractivity contribution in [3.63, 3.8) is 0 Å². The molecule has 0 spiro atoms. The minimum absolute atomic E-state index is 0. The molecule has 0 atom stereocenters. The topological polar surface area (TPSA) is 118 Å². The van der Waals surface area contributed by atoms with Gasteiger partial charge in [-0.3, -0.25) is 4.57 Å². The summed E-state index contributed by atoms with van der Waals surface area (Å²) in [6, 6.07) is 178. The fraction of sp³-hybridized carbons (Fsp3) is 0.0226. The molecule has 0 radical (unpaired) electrons. The van der Waals surface area contributed by atoms with Gasteiger partial charge in [-0.15, -0.1) is 11.3 Å². The second-order valence-corrected chi connectivity index (χ2v) is 36.3. The van der Waals surface area contributed by atoms with Gasteiger partial charge in [0.15, 0.2) is 34.9 Å². The SMILES string of the molecule is C.C.C.c1ccc(-c2ccc(-c3ccnc(-n4c5ccccc5c5cc(-c6cccc7c6sc6ccccc67)ccc54)n3)cc2)cc1.c1ccc(-c2ccc(-c3nc(-c4ccccc4)nc(-c4cccc(-n5c6ccccc6c6ccc(-c7ccccc7)cc65)c4)n3)cc2)cc1.c1ccc(-c2cccc(-c3nc(-c4ccccc4)nc(-c4cccc(-n5c6ccccc6c6ccc(-c7ccccc7)cc65)c4)n3)c2)cc1. The molecule has 0 saturated carbocycles. The molecule has 0 saturated heterocycles. The maximum Gasteiger partial charge on any atom is 0.235 e. The third-order valence-corrected chi connectivity index (χ3v) is 27.8. The lowest BCUT2D eigenvalue weighted by molar-refractivity contribution is 0.992. The van der Waals surface area contributed by atoms with Crippen LogP contribution in [0.3, 0.4) is 0 Å². The molecule has 7 aromatic heterocycles. The van der Waals surface area contributed by atoms with Gasteiger partial charge in [0.1, 0.15) is 0 Å². The normalized spacial score (nSPS) is 11.1. The number of rotatable bonds is 16. The molecule has 0 unspecified atom stereocenters. The van der Waals surface area contributed by atoms with Crippen molar-refractivity contribution in [1.82, 2.24) is 53.6 Å². The molecular formula is C133H97N11S. The minimum atomic E-state index is 0. The highest BCUT2D eigenvalue weighted by molar-refractivity contribution is 7.26. The Balaban J connectivity index is 0.000000123. The Morgan fingerprint density at radius 2 is 0.462 bits per heavy atom. The zero-order valence-corrected chi connectivity index (χ0v) is 77.7. The summed E-state index contributed by atoms with van der Waals surface area (Å²) in [7, 11) is 0. The van der Waals surface area contributed by atoms with Crippen molar-refractivity contribution in [3.05, 3.63) is 516 Å². The van der Waals surface area contributed by atoms with E-state index in [1.165, 1.54) is 103 Å². The van der Waals surface area contributed by atoms with Gasteiger partial charge < -0.3 is 9.13 Å². The summed E-state index contributed by atoms with van der Waals surface area (Å²) >= 11 is 1.87. The highest BCUT2D eigenvalue weighted by atomic mass is 32.1. The molecule has 12 heteroatoms. The monoisotopic (exact) mass is 1880 g/mol. The Morgan fingerprint density at radius 3 is 0.924 bits per heavy atom. The Bertz CT molecular complexity index is 9380. The molecule has 7 heterocycles. The number of fused-ring (bicyclic) bond motifs is 12. The molecule has 145 heavy (non-hydrogen) atoms. The van der Waals surface area contributed by atoms with Gasteiger partial charge in [-0.05, 0) is 152 Å². The van der Waals surface area contributed by atoms with E-state index in [2.05, 4.69) is 438 Å². The van der Waals surface area contributed by atoms with Crippen molar-refractivity contribution in [2.24, 2.45) is 0 Å². The second kappa shape index (κ2) is 40.1. The van der Waals surface area contributed by atoms with E-state index in [1.807, 2.05) is 102 Å². The molecule has 27 aromatic rings. The quantitative estimate of drug-likeness (QED) is 0.0939. The lowest BCUT2D eigenvalue weighted by atomic mass is 10.0. The van der Waals surface area contributed by atoms with Crippen molar-refractivity contribution in [2.75, 3.05) is 0 Å². The number of thiophene rings is 1. The molecular weight excluding hydrogens is 1780 g/mol. The number of aromatic nitrogens is 11. The van der Waals surface area contributed by atoms with Crippen molar-refractivity contribution >= 4 is 96.9 Å². The summed E-state index contributed by atoms with van der Waals surface area (Å²) in [4.78, 5) is 40.1. The number of nitrogens with zero attached hydrogens (tertiary/aromatic N) is 11. The first-order valence-corrected chi connectivity index (χ1v) is 48.5. The lowest BCUT2D eigenvalue weighted by Gasteiger charge is -2.12. The summed E-state index contributed by atoms with van der Waals surface area (Å²) in [6.07, 6.45) is 1.86. The van der Waals surface area contributed by atoms with Crippen LogP contribution in [0.4, 0.5) is 0 Å². The first-order valence-electron chi connectivity index (χ1n) is 47.7. The van der Waals surface area contributed by atoms with Gasteiger partial charge in [-0.2, -0.15) is 0 Å². The molecule has 0 aliphatic carbocycles. The number of benzene rings is 20. The summed E-state index contributed by atoms with van der Waals surface area (Å²) < 4.78 is 9.54. The molecule has 11 nitrogen and oxygen atoms in total. The number of hydrogen-bond acceptors (Lipinski definition) is 9. The Kier molecular flexibility index (Phi) is 25.3. The maximum atomic E-state index is 5.10. The van der Waals surface area contributed by atoms with Crippen molar-refractivity contribution < 1.29 is 0 Å².